The van der Waals surface area contributed by atoms with Crippen molar-refractivity contribution in [2.45, 2.75) is 11.3 Å². The molecule has 0 saturated carbocycles. The Labute approximate surface area is 148 Å². The molecule has 2 heterocycles. The van der Waals surface area contributed by atoms with Crippen LogP contribution >= 0.6 is 11.8 Å². The number of carbonyl (C=O) groups is 4. The van der Waals surface area contributed by atoms with Gasteiger partial charge in [0.2, 0.25) is 5.91 Å². The third-order valence-corrected chi connectivity index (χ3v) is 4.81. The number of thioether (sulfide) groups is 1. The maximum atomic E-state index is 12.1. The largest absolute Gasteiger partial charge is 0.455 e. The fourth-order valence-corrected chi connectivity index (χ4v) is 3.45. The number of esters is 1. The van der Waals surface area contributed by atoms with Crippen LogP contribution in [-0.4, -0.2) is 60.8 Å². The summed E-state index contributed by atoms with van der Waals surface area (Å²) in [4.78, 5) is 50.4. The van der Waals surface area contributed by atoms with E-state index in [1.54, 1.807) is 4.90 Å². The monoisotopic (exact) mass is 364 g/mol. The van der Waals surface area contributed by atoms with Gasteiger partial charge in [-0.1, -0.05) is 12.1 Å². The molecule has 3 rings (SSSR count). The van der Waals surface area contributed by atoms with Crippen molar-refractivity contribution in [2.24, 2.45) is 0 Å². The molecule has 1 fully saturated rings. The van der Waals surface area contributed by atoms with Gasteiger partial charge in [-0.2, -0.15) is 0 Å². The zero-order chi connectivity index (χ0) is 17.8. The van der Waals surface area contributed by atoms with Gasteiger partial charge in [-0.25, -0.2) is 9.69 Å². The van der Waals surface area contributed by atoms with E-state index in [4.69, 9.17) is 4.74 Å². The molecule has 25 heavy (non-hydrogen) atoms. The van der Waals surface area contributed by atoms with Gasteiger partial charge in [0.25, 0.3) is 5.91 Å². The maximum absolute atomic E-state index is 12.1. The minimum absolute atomic E-state index is 0.0392. The van der Waals surface area contributed by atoms with Crippen LogP contribution in [0.2, 0.25) is 0 Å². The standard InChI is InChI=1S/C16H16N2O6S/c19-13(18-7-8-23-16(18)22)9-24-15(21)5-6-17-11-3-1-2-4-12(11)25-10-14(17)20/h1-4H,5-10H2. The molecule has 3 amide bonds. The lowest BCUT2D eigenvalue weighted by Crippen LogP contribution is -2.38. The molecule has 0 unspecified atom stereocenters. The lowest BCUT2D eigenvalue weighted by Gasteiger charge is -2.28. The van der Waals surface area contributed by atoms with Crippen LogP contribution < -0.4 is 4.90 Å². The van der Waals surface area contributed by atoms with Crippen LogP contribution in [0.15, 0.2) is 29.2 Å². The lowest BCUT2D eigenvalue weighted by atomic mass is 10.2. The maximum Gasteiger partial charge on any atom is 0.416 e. The van der Waals surface area contributed by atoms with E-state index in [2.05, 4.69) is 4.74 Å². The number of hydrogen-bond acceptors (Lipinski definition) is 7. The van der Waals surface area contributed by atoms with Gasteiger partial charge in [0.05, 0.1) is 24.4 Å². The van der Waals surface area contributed by atoms with E-state index in [1.165, 1.54) is 11.8 Å². The first-order valence-electron chi connectivity index (χ1n) is 7.71. The fourth-order valence-electron chi connectivity index (χ4n) is 2.51. The van der Waals surface area contributed by atoms with E-state index < -0.39 is 24.6 Å². The average Bonchev–Trinajstić information content (AvgIpc) is 3.05. The number of rotatable bonds is 5. The topological polar surface area (TPSA) is 93.2 Å². The van der Waals surface area contributed by atoms with Crippen molar-refractivity contribution < 1.29 is 28.7 Å². The highest BCUT2D eigenvalue weighted by Gasteiger charge is 2.29. The predicted octanol–water partition coefficient (Wildman–Crippen LogP) is 1.04. The molecule has 2 aliphatic rings. The van der Waals surface area contributed by atoms with Crippen LogP contribution in [0.4, 0.5) is 10.5 Å². The molecule has 2 aliphatic heterocycles. The first kappa shape index (κ1) is 17.3. The van der Waals surface area contributed by atoms with Crippen LogP contribution in [0, 0.1) is 0 Å². The predicted molar refractivity (Wildman–Crippen MR) is 88.2 cm³/mol. The molecule has 1 aromatic rings. The van der Waals surface area contributed by atoms with Crippen LogP contribution in [-0.2, 0) is 23.9 Å². The van der Waals surface area contributed by atoms with Crippen molar-refractivity contribution in [3.05, 3.63) is 24.3 Å². The molecule has 0 aliphatic carbocycles. The SMILES string of the molecule is O=C(CCN1C(=O)CSc2ccccc21)OCC(=O)N1CCOC1=O. The minimum atomic E-state index is -0.728. The smallest absolute Gasteiger partial charge is 0.416 e. The van der Waals surface area contributed by atoms with Gasteiger partial charge in [-0.15, -0.1) is 11.8 Å². The molecule has 1 aromatic carbocycles. The minimum Gasteiger partial charge on any atom is -0.455 e. The molecule has 8 nitrogen and oxygen atoms in total. The number of benzene rings is 1. The van der Waals surface area contributed by atoms with Crippen LogP contribution in [0.5, 0.6) is 0 Å². The Bertz CT molecular complexity index is 722. The molecule has 0 bridgehead atoms. The number of hydrogen-bond donors (Lipinski definition) is 0. The highest BCUT2D eigenvalue weighted by Crippen LogP contribution is 2.34. The third-order valence-electron chi connectivity index (χ3n) is 3.77. The zero-order valence-corrected chi connectivity index (χ0v) is 14.1. The van der Waals surface area contributed by atoms with E-state index >= 15 is 0 Å². The molecule has 0 aromatic heterocycles. The number of ether oxygens (including phenoxy) is 2. The van der Waals surface area contributed by atoms with Gasteiger partial charge in [-0.05, 0) is 12.1 Å². The van der Waals surface area contributed by atoms with Gasteiger partial charge in [0, 0.05) is 11.4 Å². The quantitative estimate of drug-likeness (QED) is 0.721. The number of anilines is 1. The third kappa shape index (κ3) is 3.93. The summed E-state index contributed by atoms with van der Waals surface area (Å²) in [6.45, 7) is -0.0392. The summed E-state index contributed by atoms with van der Waals surface area (Å²) in [5, 5.41) is 0. The molecule has 9 heteroatoms. The van der Waals surface area contributed by atoms with Crippen molar-refractivity contribution in [3.63, 3.8) is 0 Å². The number of cyclic esters (lactones) is 1. The van der Waals surface area contributed by atoms with E-state index in [0.29, 0.717) is 5.75 Å². The number of amides is 3. The number of para-hydroxylation sites is 1. The van der Waals surface area contributed by atoms with Crippen LogP contribution in [0.25, 0.3) is 0 Å². The number of nitrogens with zero attached hydrogens (tertiary/aromatic N) is 2. The molecule has 0 atom stereocenters. The van der Waals surface area contributed by atoms with Crippen molar-refractivity contribution >= 4 is 41.3 Å². The van der Waals surface area contributed by atoms with Crippen molar-refractivity contribution in [2.75, 3.05) is 37.0 Å². The Hall–Kier alpha value is -2.55. The first-order chi connectivity index (χ1) is 12.1. The molecule has 0 N–H and O–H groups in total. The summed E-state index contributed by atoms with van der Waals surface area (Å²) < 4.78 is 9.54. The Morgan fingerprint density at radius 3 is 2.80 bits per heavy atom. The Morgan fingerprint density at radius 2 is 2.04 bits per heavy atom. The average molecular weight is 364 g/mol. The number of carbonyl (C=O) groups excluding carboxylic acids is 4. The van der Waals surface area contributed by atoms with E-state index in [-0.39, 0.29) is 32.0 Å². The normalized spacial score (nSPS) is 16.5. The van der Waals surface area contributed by atoms with Gasteiger partial charge in [0.1, 0.15) is 6.61 Å². The molecular formula is C16H16N2O6S. The summed E-state index contributed by atoms with van der Waals surface area (Å²) in [7, 11) is 0. The van der Waals surface area contributed by atoms with Gasteiger partial charge >= 0.3 is 12.1 Å². The van der Waals surface area contributed by atoms with Crippen molar-refractivity contribution in [1.82, 2.24) is 4.90 Å². The zero-order valence-electron chi connectivity index (χ0n) is 13.3. The molecule has 1 saturated heterocycles. The van der Waals surface area contributed by atoms with E-state index in [1.807, 2.05) is 24.3 Å². The fraction of sp³-hybridized carbons (Fsp3) is 0.375. The lowest BCUT2D eigenvalue weighted by molar-refractivity contribution is -0.150. The van der Waals surface area contributed by atoms with Crippen molar-refractivity contribution in [1.29, 1.82) is 0 Å². The van der Waals surface area contributed by atoms with Crippen molar-refractivity contribution in [3.8, 4) is 0 Å². The van der Waals surface area contributed by atoms with Gasteiger partial charge in [0.15, 0.2) is 6.61 Å². The summed E-state index contributed by atoms with van der Waals surface area (Å²) >= 11 is 1.46. The van der Waals surface area contributed by atoms with Gasteiger partial charge in [-0.3, -0.25) is 14.4 Å². The first-order valence-corrected chi connectivity index (χ1v) is 8.70. The van der Waals surface area contributed by atoms with E-state index in [9.17, 15) is 19.2 Å². The van der Waals surface area contributed by atoms with E-state index in [0.717, 1.165) is 15.5 Å². The Kier molecular flexibility index (Phi) is 5.22. The Morgan fingerprint density at radius 1 is 1.24 bits per heavy atom. The second-order valence-electron chi connectivity index (χ2n) is 5.37. The number of fused-ring (bicyclic) bond motifs is 1. The molecule has 0 spiro atoms. The van der Waals surface area contributed by atoms with Crippen LogP contribution in [0.3, 0.4) is 0 Å². The summed E-state index contributed by atoms with van der Waals surface area (Å²) in [6.07, 6.45) is -0.767. The summed E-state index contributed by atoms with van der Waals surface area (Å²) in [6, 6.07) is 7.47. The highest BCUT2D eigenvalue weighted by molar-refractivity contribution is 8.00. The highest BCUT2D eigenvalue weighted by atomic mass is 32.2. The summed E-state index contributed by atoms with van der Waals surface area (Å²) in [5.41, 5.74) is 0.771. The summed E-state index contributed by atoms with van der Waals surface area (Å²) in [5.74, 6) is -0.981. The molecule has 132 valence electrons. The Balaban J connectivity index is 1.50. The molecular weight excluding hydrogens is 348 g/mol. The molecule has 0 radical (unpaired) electrons. The number of imide groups is 1. The second-order valence-corrected chi connectivity index (χ2v) is 6.39. The van der Waals surface area contributed by atoms with Crippen LogP contribution in [0.1, 0.15) is 6.42 Å². The second kappa shape index (κ2) is 7.56. The van der Waals surface area contributed by atoms with Gasteiger partial charge < -0.3 is 14.4 Å².